The van der Waals surface area contributed by atoms with Crippen molar-refractivity contribution >= 4 is 28.4 Å². The molecule has 0 unspecified atom stereocenters. The molecule has 1 aliphatic rings. The summed E-state index contributed by atoms with van der Waals surface area (Å²) in [5, 5.41) is 5.92. The van der Waals surface area contributed by atoms with Crippen molar-refractivity contribution < 1.29 is 13.9 Å². The number of anilines is 2. The zero-order valence-electron chi connectivity index (χ0n) is 14.3. The van der Waals surface area contributed by atoms with E-state index in [0.717, 1.165) is 31.7 Å². The second-order valence-corrected chi connectivity index (χ2v) is 6.12. The highest BCUT2D eigenvalue weighted by molar-refractivity contribution is 5.93. The zero-order chi connectivity index (χ0) is 17.6. The van der Waals surface area contributed by atoms with Gasteiger partial charge in [-0.05, 0) is 43.5 Å². The van der Waals surface area contributed by atoms with Crippen molar-refractivity contribution in [2.45, 2.75) is 19.3 Å². The minimum atomic E-state index is -0.441. The van der Waals surface area contributed by atoms with E-state index in [1.165, 1.54) is 12.5 Å². The molecule has 0 radical (unpaired) electrons. The van der Waals surface area contributed by atoms with E-state index in [0.29, 0.717) is 29.7 Å². The molecule has 0 saturated carbocycles. The second kappa shape index (κ2) is 8.11. The van der Waals surface area contributed by atoms with Crippen LogP contribution in [0.5, 0.6) is 0 Å². The van der Waals surface area contributed by atoms with Gasteiger partial charge >= 0.3 is 6.03 Å². The van der Waals surface area contributed by atoms with Gasteiger partial charge in [-0.15, -0.1) is 0 Å². The van der Waals surface area contributed by atoms with Gasteiger partial charge in [0.15, 0.2) is 5.82 Å². The van der Waals surface area contributed by atoms with Gasteiger partial charge in [-0.3, -0.25) is 0 Å². The van der Waals surface area contributed by atoms with Crippen LogP contribution in [0.2, 0.25) is 0 Å². The molecule has 2 amide bonds. The van der Waals surface area contributed by atoms with Crippen molar-refractivity contribution in [1.82, 2.24) is 10.3 Å². The van der Waals surface area contributed by atoms with Gasteiger partial charge in [0.1, 0.15) is 11.3 Å². The third kappa shape index (κ3) is 4.36. The molecular weight excluding hydrogens is 323 g/mol. The number of nitrogens with one attached hydrogen (secondary N) is 2. The van der Waals surface area contributed by atoms with Gasteiger partial charge < -0.3 is 20.3 Å². The Morgan fingerprint density at radius 2 is 2.08 bits per heavy atom. The van der Waals surface area contributed by atoms with Crippen LogP contribution in [0.15, 0.2) is 24.3 Å². The summed E-state index contributed by atoms with van der Waals surface area (Å²) < 4.78 is 19.3. The molecule has 2 aromatic rings. The standard InChI is InChI=1S/C18H23FN4O2/c1-25-10-7-20-18(24)21-14-11-13-5-6-16(22-17(13)15(19)12-14)23-8-3-2-4-9-23/h5-6,11-12H,2-4,7-10H2,1H3,(H2,20,21,24). The van der Waals surface area contributed by atoms with E-state index in [4.69, 9.17) is 4.74 Å². The van der Waals surface area contributed by atoms with Gasteiger partial charge in [-0.2, -0.15) is 0 Å². The Hall–Kier alpha value is -2.41. The van der Waals surface area contributed by atoms with Gasteiger partial charge in [0.2, 0.25) is 0 Å². The van der Waals surface area contributed by atoms with Crippen molar-refractivity contribution in [3.63, 3.8) is 0 Å². The third-order valence-electron chi connectivity index (χ3n) is 4.26. The maximum atomic E-state index is 14.5. The number of amides is 2. The van der Waals surface area contributed by atoms with E-state index < -0.39 is 11.8 Å². The monoisotopic (exact) mass is 346 g/mol. The molecule has 1 aliphatic heterocycles. The molecule has 0 bridgehead atoms. The molecule has 1 aromatic carbocycles. The molecule has 1 aromatic heterocycles. The number of ether oxygens (including phenoxy) is 1. The Bertz CT molecular complexity index is 747. The minimum Gasteiger partial charge on any atom is -0.383 e. The molecule has 1 fully saturated rings. The van der Waals surface area contributed by atoms with Crippen molar-refractivity contribution in [1.29, 1.82) is 0 Å². The summed E-state index contributed by atoms with van der Waals surface area (Å²) in [6.45, 7) is 2.73. The number of benzene rings is 1. The number of fused-ring (bicyclic) bond motifs is 1. The predicted octanol–water partition coefficient (Wildman–Crippen LogP) is 3.13. The van der Waals surface area contributed by atoms with Crippen molar-refractivity contribution in [2.75, 3.05) is 43.6 Å². The summed E-state index contributed by atoms with van der Waals surface area (Å²) >= 11 is 0. The van der Waals surface area contributed by atoms with Gasteiger partial charge in [0.05, 0.1) is 6.61 Å². The number of carbonyl (C=O) groups is 1. The number of nitrogens with zero attached hydrogens (tertiary/aromatic N) is 2. The van der Waals surface area contributed by atoms with Crippen LogP contribution < -0.4 is 15.5 Å². The van der Waals surface area contributed by atoms with Crippen LogP contribution in [0.3, 0.4) is 0 Å². The average Bonchev–Trinajstić information content (AvgIpc) is 2.62. The van der Waals surface area contributed by atoms with Crippen molar-refractivity contribution in [3.05, 3.63) is 30.1 Å². The molecule has 2 N–H and O–H groups in total. The van der Waals surface area contributed by atoms with Crippen LogP contribution in [0.1, 0.15) is 19.3 Å². The minimum absolute atomic E-state index is 0.327. The SMILES string of the molecule is COCCNC(=O)Nc1cc(F)c2nc(N3CCCCC3)ccc2c1. The molecule has 0 aliphatic carbocycles. The summed E-state index contributed by atoms with van der Waals surface area (Å²) in [6.07, 6.45) is 3.52. The lowest BCUT2D eigenvalue weighted by atomic mass is 10.1. The Labute approximate surface area is 146 Å². The highest BCUT2D eigenvalue weighted by atomic mass is 19.1. The predicted molar refractivity (Wildman–Crippen MR) is 96.7 cm³/mol. The van der Waals surface area contributed by atoms with Crippen molar-refractivity contribution in [2.24, 2.45) is 0 Å². The fraction of sp³-hybridized carbons (Fsp3) is 0.444. The zero-order valence-corrected chi connectivity index (χ0v) is 14.3. The fourth-order valence-electron chi connectivity index (χ4n) is 2.99. The van der Waals surface area contributed by atoms with E-state index in [-0.39, 0.29) is 0 Å². The maximum Gasteiger partial charge on any atom is 0.319 e. The van der Waals surface area contributed by atoms with Crippen molar-refractivity contribution in [3.8, 4) is 0 Å². The lowest BCUT2D eigenvalue weighted by Gasteiger charge is -2.27. The van der Waals surface area contributed by atoms with Gasteiger partial charge in [-0.1, -0.05) is 0 Å². The molecule has 0 atom stereocenters. The first kappa shape index (κ1) is 17.4. The number of carbonyl (C=O) groups excluding carboxylic acids is 1. The smallest absolute Gasteiger partial charge is 0.319 e. The van der Waals surface area contributed by atoms with Gasteiger partial charge in [0.25, 0.3) is 0 Å². The van der Waals surface area contributed by atoms with E-state index in [2.05, 4.69) is 20.5 Å². The molecule has 134 valence electrons. The molecule has 1 saturated heterocycles. The number of hydrogen-bond acceptors (Lipinski definition) is 4. The Morgan fingerprint density at radius 3 is 2.84 bits per heavy atom. The topological polar surface area (TPSA) is 66.5 Å². The third-order valence-corrected chi connectivity index (χ3v) is 4.26. The number of rotatable bonds is 5. The summed E-state index contributed by atoms with van der Waals surface area (Å²) in [5.74, 6) is 0.368. The summed E-state index contributed by atoms with van der Waals surface area (Å²) in [4.78, 5) is 18.5. The molecule has 7 heteroatoms. The number of pyridine rings is 1. The highest BCUT2D eigenvalue weighted by Gasteiger charge is 2.14. The Morgan fingerprint density at radius 1 is 1.28 bits per heavy atom. The fourth-order valence-corrected chi connectivity index (χ4v) is 2.99. The van der Waals surface area contributed by atoms with E-state index >= 15 is 0 Å². The maximum absolute atomic E-state index is 14.5. The van der Waals surface area contributed by atoms with Crippen LogP contribution in [-0.4, -0.2) is 44.4 Å². The number of methoxy groups -OCH3 is 1. The first-order valence-electron chi connectivity index (χ1n) is 8.56. The van der Waals surface area contributed by atoms with E-state index in [1.54, 1.807) is 13.2 Å². The normalized spacial score (nSPS) is 14.6. The summed E-state index contributed by atoms with van der Waals surface area (Å²) in [5.41, 5.74) is 0.723. The number of aromatic nitrogens is 1. The van der Waals surface area contributed by atoms with Gasteiger partial charge in [0, 0.05) is 37.8 Å². The Kier molecular flexibility index (Phi) is 5.65. The van der Waals surface area contributed by atoms with Crippen LogP contribution >= 0.6 is 0 Å². The number of hydrogen-bond donors (Lipinski definition) is 2. The summed E-state index contributed by atoms with van der Waals surface area (Å²) in [7, 11) is 1.56. The number of halogens is 1. The van der Waals surface area contributed by atoms with Gasteiger partial charge in [-0.25, -0.2) is 14.2 Å². The first-order valence-corrected chi connectivity index (χ1v) is 8.56. The average molecular weight is 346 g/mol. The van der Waals surface area contributed by atoms with E-state index in [1.807, 2.05) is 12.1 Å². The van der Waals surface area contributed by atoms with Crippen LogP contribution in [0.25, 0.3) is 10.9 Å². The molecule has 0 spiro atoms. The molecule has 3 rings (SSSR count). The summed E-state index contributed by atoms with van der Waals surface area (Å²) in [6, 6.07) is 6.39. The highest BCUT2D eigenvalue weighted by Crippen LogP contribution is 2.25. The molecular formula is C18H23FN4O2. The quantitative estimate of drug-likeness (QED) is 0.817. The lowest BCUT2D eigenvalue weighted by Crippen LogP contribution is -2.31. The number of piperidine rings is 1. The largest absolute Gasteiger partial charge is 0.383 e. The van der Waals surface area contributed by atoms with E-state index in [9.17, 15) is 9.18 Å². The molecule has 2 heterocycles. The van der Waals surface area contributed by atoms with Crippen LogP contribution in [0.4, 0.5) is 20.7 Å². The molecule has 25 heavy (non-hydrogen) atoms. The second-order valence-electron chi connectivity index (χ2n) is 6.12. The number of urea groups is 1. The Balaban J connectivity index is 1.76. The molecule has 6 nitrogen and oxygen atoms in total. The first-order chi connectivity index (χ1) is 12.2. The van der Waals surface area contributed by atoms with Crippen LogP contribution in [0, 0.1) is 5.82 Å². The van der Waals surface area contributed by atoms with Crippen LogP contribution in [-0.2, 0) is 4.74 Å². The lowest BCUT2D eigenvalue weighted by molar-refractivity contribution is 0.198.